The Bertz CT molecular complexity index is 1310. The molecule has 1 amide bonds. The Balaban J connectivity index is 1.43. The van der Waals surface area contributed by atoms with Crippen LogP contribution in [0.5, 0.6) is 0 Å². The van der Waals surface area contributed by atoms with Gasteiger partial charge < -0.3 is 14.6 Å². The third kappa shape index (κ3) is 2.83. The van der Waals surface area contributed by atoms with Gasteiger partial charge in [0.25, 0.3) is 0 Å². The zero-order valence-electron chi connectivity index (χ0n) is 15.5. The van der Waals surface area contributed by atoms with Gasteiger partial charge in [-0.15, -0.1) is 0 Å². The molecule has 5 rings (SSSR count). The van der Waals surface area contributed by atoms with E-state index in [0.717, 1.165) is 11.4 Å². The van der Waals surface area contributed by atoms with Gasteiger partial charge in [0.05, 0.1) is 21.8 Å². The lowest BCUT2D eigenvalue weighted by Gasteiger charge is -2.32. The average Bonchev–Trinajstić information content (AvgIpc) is 3.23. The predicted octanol–water partition coefficient (Wildman–Crippen LogP) is 1.01. The van der Waals surface area contributed by atoms with Crippen LogP contribution >= 0.6 is 0 Å². The number of fused-ring (bicyclic) bond motifs is 4. The van der Waals surface area contributed by atoms with Crippen molar-refractivity contribution < 1.29 is 17.6 Å². The van der Waals surface area contributed by atoms with Gasteiger partial charge in [-0.25, -0.2) is 17.9 Å². The van der Waals surface area contributed by atoms with Crippen molar-refractivity contribution in [3.8, 4) is 0 Å². The summed E-state index contributed by atoms with van der Waals surface area (Å²) in [7, 11) is -2.33. The molecule has 2 aliphatic heterocycles. The van der Waals surface area contributed by atoms with Crippen molar-refractivity contribution in [2.45, 2.75) is 23.4 Å². The number of rotatable bonds is 3. The number of nitrogens with one attached hydrogen (secondary N) is 2. The van der Waals surface area contributed by atoms with Gasteiger partial charge in [0, 0.05) is 19.6 Å². The van der Waals surface area contributed by atoms with E-state index in [0.29, 0.717) is 24.1 Å². The molecule has 1 aromatic heterocycles. The molecule has 2 aromatic carbocycles. The summed E-state index contributed by atoms with van der Waals surface area (Å²) in [5.74, 6) is -0.694. The van der Waals surface area contributed by atoms with Gasteiger partial charge in [-0.05, 0) is 36.8 Å². The smallest absolute Gasteiger partial charge is 0.408 e. The van der Waals surface area contributed by atoms with Crippen molar-refractivity contribution in [1.29, 1.82) is 0 Å². The first kappa shape index (κ1) is 18.0. The number of hydrogen-bond acceptors (Lipinski definition) is 6. The Morgan fingerprint density at radius 3 is 2.79 bits per heavy atom. The van der Waals surface area contributed by atoms with Crippen molar-refractivity contribution >= 4 is 38.4 Å². The molecule has 2 N–H and O–H groups in total. The van der Waals surface area contributed by atoms with Crippen LogP contribution in [0.4, 0.5) is 11.4 Å². The quantitative estimate of drug-likeness (QED) is 0.661. The van der Waals surface area contributed by atoms with E-state index in [-0.39, 0.29) is 10.8 Å². The fraction of sp³-hybridized carbons (Fsp3) is 0.263. The fourth-order valence-corrected chi connectivity index (χ4v) is 5.30. The topological polar surface area (TPSA) is 114 Å². The van der Waals surface area contributed by atoms with Crippen molar-refractivity contribution in [2.24, 2.45) is 7.05 Å². The van der Waals surface area contributed by atoms with Crippen LogP contribution in [0.1, 0.15) is 6.42 Å². The molecule has 3 aromatic rings. The third-order valence-electron chi connectivity index (χ3n) is 5.47. The zero-order chi connectivity index (χ0) is 20.3. The summed E-state index contributed by atoms with van der Waals surface area (Å²) in [6, 6.07) is 10.9. The number of oxazole rings is 1. The van der Waals surface area contributed by atoms with Crippen LogP contribution in [0.15, 0.2) is 56.6 Å². The highest BCUT2D eigenvalue weighted by atomic mass is 32.2. The Labute approximate surface area is 166 Å². The molecule has 29 heavy (non-hydrogen) atoms. The lowest BCUT2D eigenvalue weighted by molar-refractivity contribution is -0.117. The number of aryl methyl sites for hydroxylation is 1. The molecule has 150 valence electrons. The van der Waals surface area contributed by atoms with Crippen LogP contribution in [0.3, 0.4) is 0 Å². The molecule has 2 aliphatic rings. The standard InChI is InChI=1S/C19H18N4O5S/c1-22-15-9-12(6-7-17(15)28-19(22)25)29(26,27)21-11-8-16-18(24)20-13-4-2-3-5-14(13)23(16)10-11/h2-7,9,11,16,21H,8,10H2,1H3,(H,20,24). The van der Waals surface area contributed by atoms with E-state index in [4.69, 9.17) is 4.42 Å². The van der Waals surface area contributed by atoms with E-state index >= 15 is 0 Å². The molecular formula is C19H18N4O5S. The monoisotopic (exact) mass is 414 g/mol. The van der Waals surface area contributed by atoms with E-state index in [2.05, 4.69) is 10.0 Å². The maximum absolute atomic E-state index is 12.9. The number of amides is 1. The minimum absolute atomic E-state index is 0.0381. The SMILES string of the molecule is Cn1c(=O)oc2ccc(S(=O)(=O)NC3CC4C(=O)Nc5ccccc5N4C3)cc21. The molecule has 1 fully saturated rings. The minimum atomic E-state index is -3.85. The Kier molecular flexibility index (Phi) is 3.83. The second-order valence-corrected chi connectivity index (χ2v) is 9.00. The number of sulfonamides is 1. The molecule has 2 atom stereocenters. The maximum atomic E-state index is 12.9. The molecular weight excluding hydrogens is 396 g/mol. The fourth-order valence-electron chi connectivity index (χ4n) is 4.04. The van der Waals surface area contributed by atoms with Gasteiger partial charge in [-0.1, -0.05) is 12.1 Å². The van der Waals surface area contributed by atoms with E-state index in [1.807, 2.05) is 29.2 Å². The highest BCUT2D eigenvalue weighted by Crippen LogP contribution is 2.36. The Morgan fingerprint density at radius 2 is 1.97 bits per heavy atom. The predicted molar refractivity (Wildman–Crippen MR) is 106 cm³/mol. The van der Waals surface area contributed by atoms with Crippen LogP contribution in [0.25, 0.3) is 11.1 Å². The Hall–Kier alpha value is -3.11. The molecule has 3 heterocycles. The lowest BCUT2D eigenvalue weighted by atomic mass is 10.1. The van der Waals surface area contributed by atoms with E-state index in [1.54, 1.807) is 0 Å². The first-order valence-electron chi connectivity index (χ1n) is 9.12. The summed E-state index contributed by atoms with van der Waals surface area (Å²) < 4.78 is 34.9. The van der Waals surface area contributed by atoms with Crippen molar-refractivity contribution in [2.75, 3.05) is 16.8 Å². The molecule has 0 aliphatic carbocycles. The van der Waals surface area contributed by atoms with Crippen molar-refractivity contribution in [1.82, 2.24) is 9.29 Å². The highest BCUT2D eigenvalue weighted by molar-refractivity contribution is 7.89. The van der Waals surface area contributed by atoms with Crippen LogP contribution in [-0.2, 0) is 21.9 Å². The maximum Gasteiger partial charge on any atom is 0.419 e. The molecule has 0 radical (unpaired) electrons. The summed E-state index contributed by atoms with van der Waals surface area (Å²) >= 11 is 0. The third-order valence-corrected chi connectivity index (χ3v) is 6.99. The molecule has 1 saturated heterocycles. The van der Waals surface area contributed by atoms with Crippen molar-refractivity contribution in [3.05, 3.63) is 53.0 Å². The first-order chi connectivity index (χ1) is 13.8. The van der Waals surface area contributed by atoms with Crippen LogP contribution in [0.2, 0.25) is 0 Å². The number of nitrogens with zero attached hydrogens (tertiary/aromatic N) is 2. The van der Waals surface area contributed by atoms with Gasteiger partial charge in [-0.3, -0.25) is 9.36 Å². The zero-order valence-corrected chi connectivity index (χ0v) is 16.3. The summed E-state index contributed by atoms with van der Waals surface area (Å²) in [4.78, 5) is 26.0. The normalized spacial score (nSPS) is 21.1. The average molecular weight is 414 g/mol. The van der Waals surface area contributed by atoms with Gasteiger partial charge in [-0.2, -0.15) is 0 Å². The second-order valence-electron chi connectivity index (χ2n) is 7.28. The Morgan fingerprint density at radius 1 is 1.17 bits per heavy atom. The lowest BCUT2D eigenvalue weighted by Crippen LogP contribution is -2.44. The van der Waals surface area contributed by atoms with Gasteiger partial charge >= 0.3 is 5.76 Å². The van der Waals surface area contributed by atoms with E-state index < -0.39 is 27.9 Å². The largest absolute Gasteiger partial charge is 0.419 e. The van der Waals surface area contributed by atoms with Crippen molar-refractivity contribution in [3.63, 3.8) is 0 Å². The number of carbonyl (C=O) groups excluding carboxylic acids is 1. The summed E-state index contributed by atoms with van der Waals surface area (Å²) in [6.45, 7) is 0.390. The molecule has 0 saturated carbocycles. The number of carbonyl (C=O) groups is 1. The molecule has 9 nitrogen and oxygen atoms in total. The van der Waals surface area contributed by atoms with Crippen LogP contribution in [-0.4, -0.2) is 37.5 Å². The van der Waals surface area contributed by atoms with Gasteiger partial charge in [0.15, 0.2) is 5.58 Å². The number of aromatic nitrogens is 1. The number of hydrogen-bond donors (Lipinski definition) is 2. The molecule has 2 unspecified atom stereocenters. The van der Waals surface area contributed by atoms with E-state index in [1.165, 1.54) is 29.8 Å². The van der Waals surface area contributed by atoms with Crippen LogP contribution < -0.4 is 20.7 Å². The van der Waals surface area contributed by atoms with Gasteiger partial charge in [0.2, 0.25) is 15.9 Å². The molecule has 0 bridgehead atoms. The summed E-state index contributed by atoms with van der Waals surface area (Å²) in [6.07, 6.45) is 0.367. The number of para-hydroxylation sites is 2. The summed E-state index contributed by atoms with van der Waals surface area (Å²) in [5.41, 5.74) is 2.33. The number of anilines is 2. The second kappa shape index (κ2) is 6.19. The first-order valence-corrected chi connectivity index (χ1v) is 10.6. The van der Waals surface area contributed by atoms with Gasteiger partial charge in [0.1, 0.15) is 6.04 Å². The summed E-state index contributed by atoms with van der Waals surface area (Å²) in [5, 5.41) is 2.87. The minimum Gasteiger partial charge on any atom is -0.408 e. The number of benzene rings is 2. The molecule has 0 spiro atoms. The van der Waals surface area contributed by atoms with E-state index in [9.17, 15) is 18.0 Å². The highest BCUT2D eigenvalue weighted by Gasteiger charge is 2.42. The molecule has 10 heteroatoms. The van der Waals surface area contributed by atoms with Crippen LogP contribution in [0, 0.1) is 0 Å².